The highest BCUT2D eigenvalue weighted by atomic mass is 19.1. The summed E-state index contributed by atoms with van der Waals surface area (Å²) in [6.07, 6.45) is 1.46. The summed E-state index contributed by atoms with van der Waals surface area (Å²) in [6, 6.07) is 4.45. The monoisotopic (exact) mass is 264 g/mol. The highest BCUT2D eigenvalue weighted by Crippen LogP contribution is 2.25. The van der Waals surface area contributed by atoms with Crippen LogP contribution in [0.3, 0.4) is 0 Å². The minimum Gasteiger partial charge on any atom is -0.480 e. The molecule has 0 aliphatic carbocycles. The van der Waals surface area contributed by atoms with Gasteiger partial charge < -0.3 is 10.5 Å². The lowest BCUT2D eigenvalue weighted by Gasteiger charge is -2.11. The van der Waals surface area contributed by atoms with Crippen LogP contribution in [0.25, 0.3) is 0 Å². The Bertz CT molecular complexity index is 533. The van der Waals surface area contributed by atoms with E-state index < -0.39 is 5.82 Å². The van der Waals surface area contributed by atoms with Crippen molar-refractivity contribution in [3.05, 3.63) is 36.2 Å². The molecule has 0 aliphatic heterocycles. The number of anilines is 1. The maximum atomic E-state index is 13.5. The average Bonchev–Trinajstić information content (AvgIpc) is 2.75. The molecular weight excluding hydrogens is 247 g/mol. The van der Waals surface area contributed by atoms with Crippen molar-refractivity contribution < 1.29 is 9.13 Å². The Balaban J connectivity index is 2.09. The molecule has 0 saturated carbocycles. The van der Waals surface area contributed by atoms with E-state index in [4.69, 9.17) is 10.5 Å². The van der Waals surface area contributed by atoms with Crippen LogP contribution in [0.4, 0.5) is 10.1 Å². The van der Waals surface area contributed by atoms with Crippen molar-refractivity contribution in [2.75, 3.05) is 5.73 Å². The number of nitrogens with two attached hydrogens (primary N) is 1. The third-order valence-electron chi connectivity index (χ3n) is 2.58. The highest BCUT2D eigenvalue weighted by molar-refractivity contribution is 5.52. The SMILES string of the molecule is CC(C)Cn1ncnc1COc1c(N)cccc1F. The zero-order valence-electron chi connectivity index (χ0n) is 11.0. The molecule has 2 aromatic rings. The van der Waals surface area contributed by atoms with E-state index in [1.807, 2.05) is 0 Å². The molecule has 0 atom stereocenters. The fraction of sp³-hybridized carbons (Fsp3) is 0.385. The van der Waals surface area contributed by atoms with Crippen LogP contribution in [0.15, 0.2) is 24.5 Å². The van der Waals surface area contributed by atoms with Gasteiger partial charge in [0.2, 0.25) is 0 Å². The van der Waals surface area contributed by atoms with E-state index in [-0.39, 0.29) is 18.0 Å². The highest BCUT2D eigenvalue weighted by Gasteiger charge is 2.11. The van der Waals surface area contributed by atoms with E-state index in [0.29, 0.717) is 11.7 Å². The molecule has 0 unspecified atom stereocenters. The Morgan fingerprint density at radius 3 is 2.89 bits per heavy atom. The van der Waals surface area contributed by atoms with Gasteiger partial charge in [-0.2, -0.15) is 5.10 Å². The number of halogens is 1. The molecule has 0 radical (unpaired) electrons. The first-order valence-electron chi connectivity index (χ1n) is 6.11. The largest absolute Gasteiger partial charge is 0.480 e. The number of nitrogens with zero attached hydrogens (tertiary/aromatic N) is 3. The molecule has 0 fully saturated rings. The first-order valence-corrected chi connectivity index (χ1v) is 6.11. The van der Waals surface area contributed by atoms with E-state index >= 15 is 0 Å². The van der Waals surface area contributed by atoms with Crippen molar-refractivity contribution >= 4 is 5.69 Å². The Morgan fingerprint density at radius 2 is 2.21 bits per heavy atom. The third kappa shape index (κ3) is 3.21. The van der Waals surface area contributed by atoms with Crippen LogP contribution in [-0.2, 0) is 13.2 Å². The van der Waals surface area contributed by atoms with E-state index in [2.05, 4.69) is 23.9 Å². The van der Waals surface area contributed by atoms with Crippen molar-refractivity contribution in [1.82, 2.24) is 14.8 Å². The summed E-state index contributed by atoms with van der Waals surface area (Å²) in [6.45, 7) is 5.05. The Morgan fingerprint density at radius 1 is 1.42 bits per heavy atom. The second-order valence-corrected chi connectivity index (χ2v) is 4.70. The van der Waals surface area contributed by atoms with E-state index in [1.54, 1.807) is 16.8 Å². The third-order valence-corrected chi connectivity index (χ3v) is 2.58. The lowest BCUT2D eigenvalue weighted by atomic mass is 10.2. The molecule has 2 rings (SSSR count). The molecule has 6 heteroatoms. The first kappa shape index (κ1) is 13.3. The van der Waals surface area contributed by atoms with Crippen molar-refractivity contribution in [1.29, 1.82) is 0 Å². The molecule has 1 heterocycles. The van der Waals surface area contributed by atoms with Crippen LogP contribution >= 0.6 is 0 Å². The number of rotatable bonds is 5. The van der Waals surface area contributed by atoms with Gasteiger partial charge in [0.05, 0.1) is 5.69 Å². The standard InChI is InChI=1S/C13H17FN4O/c1-9(2)6-18-12(16-8-17-18)7-19-13-10(14)4-3-5-11(13)15/h3-5,8-9H,6-7,15H2,1-2H3. The summed E-state index contributed by atoms with van der Waals surface area (Å²) in [5.41, 5.74) is 5.94. The van der Waals surface area contributed by atoms with Gasteiger partial charge in [0, 0.05) is 6.54 Å². The van der Waals surface area contributed by atoms with Gasteiger partial charge in [-0.3, -0.25) is 0 Å². The van der Waals surface area contributed by atoms with Crippen LogP contribution in [0.1, 0.15) is 19.7 Å². The van der Waals surface area contributed by atoms with Gasteiger partial charge in [-0.25, -0.2) is 14.1 Å². The second kappa shape index (κ2) is 5.69. The fourth-order valence-corrected chi connectivity index (χ4v) is 1.71. The van der Waals surface area contributed by atoms with Gasteiger partial charge in [-0.1, -0.05) is 19.9 Å². The van der Waals surface area contributed by atoms with Gasteiger partial charge in [-0.05, 0) is 18.1 Å². The summed E-state index contributed by atoms with van der Waals surface area (Å²) >= 11 is 0. The molecule has 0 aliphatic rings. The molecule has 2 N–H and O–H groups in total. The van der Waals surface area contributed by atoms with Crippen molar-refractivity contribution in [2.45, 2.75) is 27.0 Å². The van der Waals surface area contributed by atoms with Gasteiger partial charge >= 0.3 is 0 Å². The number of para-hydroxylation sites is 1. The maximum absolute atomic E-state index is 13.5. The van der Waals surface area contributed by atoms with Crippen LogP contribution in [0.2, 0.25) is 0 Å². The number of ether oxygens (including phenoxy) is 1. The summed E-state index contributed by atoms with van der Waals surface area (Å²) < 4.78 is 20.7. The quantitative estimate of drug-likeness (QED) is 0.841. The van der Waals surface area contributed by atoms with E-state index in [9.17, 15) is 4.39 Å². The summed E-state index contributed by atoms with van der Waals surface area (Å²) in [7, 11) is 0. The molecule has 0 bridgehead atoms. The number of hydrogen-bond donors (Lipinski definition) is 1. The molecule has 0 amide bonds. The van der Waals surface area contributed by atoms with Crippen LogP contribution in [0, 0.1) is 11.7 Å². The zero-order valence-corrected chi connectivity index (χ0v) is 11.0. The molecule has 19 heavy (non-hydrogen) atoms. The van der Waals surface area contributed by atoms with E-state index in [1.165, 1.54) is 12.4 Å². The summed E-state index contributed by atoms with van der Waals surface area (Å²) in [4.78, 5) is 4.11. The number of hydrogen-bond acceptors (Lipinski definition) is 4. The first-order chi connectivity index (χ1) is 9.08. The predicted molar refractivity (Wildman–Crippen MR) is 70.0 cm³/mol. The summed E-state index contributed by atoms with van der Waals surface area (Å²) in [5.74, 6) is 0.673. The average molecular weight is 264 g/mol. The van der Waals surface area contributed by atoms with Gasteiger partial charge in [-0.15, -0.1) is 0 Å². The van der Waals surface area contributed by atoms with Crippen LogP contribution in [-0.4, -0.2) is 14.8 Å². The number of aromatic nitrogens is 3. The molecule has 1 aromatic heterocycles. The molecule has 5 nitrogen and oxygen atoms in total. The molecule has 0 saturated heterocycles. The van der Waals surface area contributed by atoms with Gasteiger partial charge in [0.15, 0.2) is 17.4 Å². The second-order valence-electron chi connectivity index (χ2n) is 4.70. The fourth-order valence-electron chi connectivity index (χ4n) is 1.71. The molecular formula is C13H17FN4O. The van der Waals surface area contributed by atoms with Crippen molar-refractivity contribution in [3.63, 3.8) is 0 Å². The van der Waals surface area contributed by atoms with Crippen molar-refractivity contribution in [2.24, 2.45) is 5.92 Å². The Labute approximate surface area is 111 Å². The minimum atomic E-state index is -0.477. The predicted octanol–water partition coefficient (Wildman–Crippen LogP) is 2.23. The van der Waals surface area contributed by atoms with Crippen molar-refractivity contribution in [3.8, 4) is 5.75 Å². The lowest BCUT2D eigenvalue weighted by Crippen LogP contribution is -2.13. The zero-order chi connectivity index (χ0) is 13.8. The maximum Gasteiger partial charge on any atom is 0.178 e. The lowest BCUT2D eigenvalue weighted by molar-refractivity contribution is 0.271. The Hall–Kier alpha value is -2.11. The Kier molecular flexibility index (Phi) is 3.99. The number of benzene rings is 1. The molecule has 1 aromatic carbocycles. The van der Waals surface area contributed by atoms with Crippen LogP contribution < -0.4 is 10.5 Å². The molecule has 102 valence electrons. The normalized spacial score (nSPS) is 10.9. The van der Waals surface area contributed by atoms with Gasteiger partial charge in [0.25, 0.3) is 0 Å². The number of nitrogen functional groups attached to an aromatic ring is 1. The van der Waals surface area contributed by atoms with Crippen LogP contribution in [0.5, 0.6) is 5.75 Å². The molecule has 0 spiro atoms. The minimum absolute atomic E-state index is 0.0570. The van der Waals surface area contributed by atoms with E-state index in [0.717, 1.165) is 6.54 Å². The summed E-state index contributed by atoms with van der Waals surface area (Å²) in [5, 5.41) is 4.11. The smallest absolute Gasteiger partial charge is 0.178 e. The topological polar surface area (TPSA) is 66.0 Å². The van der Waals surface area contributed by atoms with Gasteiger partial charge in [0.1, 0.15) is 12.9 Å².